The summed E-state index contributed by atoms with van der Waals surface area (Å²) in [5, 5.41) is 11.1. The van der Waals surface area contributed by atoms with Gasteiger partial charge < -0.3 is 16.2 Å². The first-order valence-corrected chi connectivity index (χ1v) is 5.57. The van der Waals surface area contributed by atoms with E-state index >= 15 is 0 Å². The number of hydrogen-bond acceptors (Lipinski definition) is 4. The molecule has 6 heteroatoms. The van der Waals surface area contributed by atoms with E-state index in [0.29, 0.717) is 6.42 Å². The maximum Gasteiger partial charge on any atom is 0.326 e. The zero-order valence-electron chi connectivity index (χ0n) is 8.16. The fourth-order valence-electron chi connectivity index (χ4n) is 0.856. The molecule has 4 N–H and O–H groups in total. The van der Waals surface area contributed by atoms with Gasteiger partial charge in [0.25, 0.3) is 0 Å². The van der Waals surface area contributed by atoms with Crippen LogP contribution >= 0.6 is 11.8 Å². The van der Waals surface area contributed by atoms with Crippen LogP contribution in [0.1, 0.15) is 13.3 Å². The topological polar surface area (TPSA) is 92.4 Å². The molecule has 0 radical (unpaired) electrons. The molecule has 0 aliphatic rings. The minimum Gasteiger partial charge on any atom is -0.480 e. The Morgan fingerprint density at radius 3 is 2.64 bits per heavy atom. The predicted octanol–water partition coefficient (Wildman–Crippen LogP) is -0.342. The van der Waals surface area contributed by atoms with Gasteiger partial charge in [0.1, 0.15) is 6.04 Å². The molecule has 0 aromatic heterocycles. The van der Waals surface area contributed by atoms with Crippen molar-refractivity contribution in [1.29, 1.82) is 0 Å². The molecule has 1 atom stereocenters. The third-order valence-electron chi connectivity index (χ3n) is 1.57. The second-order valence-electron chi connectivity index (χ2n) is 2.65. The Hall–Kier alpha value is -0.750. The van der Waals surface area contributed by atoms with E-state index in [4.69, 9.17) is 10.8 Å². The van der Waals surface area contributed by atoms with Crippen LogP contribution in [0.3, 0.4) is 0 Å². The summed E-state index contributed by atoms with van der Waals surface area (Å²) in [6.45, 7) is 1.82. The Morgan fingerprint density at radius 1 is 1.57 bits per heavy atom. The standard InChI is InChI=1S/C8H16N2O3S/c1-2-14-4-3-6(8(12)13)10-7(11)5-9/h6H,2-5,9H2,1H3,(H,10,11)(H,12,13). The number of rotatable bonds is 7. The molecule has 82 valence electrons. The highest BCUT2D eigenvalue weighted by Crippen LogP contribution is 2.04. The van der Waals surface area contributed by atoms with Crippen molar-refractivity contribution in [2.45, 2.75) is 19.4 Å². The van der Waals surface area contributed by atoms with Crippen molar-refractivity contribution in [3.05, 3.63) is 0 Å². The Morgan fingerprint density at radius 2 is 2.21 bits per heavy atom. The molecule has 0 aromatic rings. The first-order valence-electron chi connectivity index (χ1n) is 4.41. The second-order valence-corrected chi connectivity index (χ2v) is 4.04. The van der Waals surface area contributed by atoms with Gasteiger partial charge >= 0.3 is 5.97 Å². The van der Waals surface area contributed by atoms with Gasteiger partial charge in [0.15, 0.2) is 0 Å². The van der Waals surface area contributed by atoms with Crippen molar-refractivity contribution in [2.24, 2.45) is 5.73 Å². The SMILES string of the molecule is CCSCCC(NC(=O)CN)C(=O)O. The van der Waals surface area contributed by atoms with Gasteiger partial charge in [-0.05, 0) is 17.9 Å². The second kappa shape index (κ2) is 7.64. The third-order valence-corrected chi connectivity index (χ3v) is 2.51. The molecule has 0 saturated heterocycles. The number of carbonyl (C=O) groups is 2. The van der Waals surface area contributed by atoms with Crippen molar-refractivity contribution in [3.63, 3.8) is 0 Å². The van der Waals surface area contributed by atoms with Crippen LogP contribution in [-0.4, -0.2) is 41.1 Å². The summed E-state index contributed by atoms with van der Waals surface area (Å²) in [4.78, 5) is 21.5. The number of aliphatic carboxylic acids is 1. The van der Waals surface area contributed by atoms with E-state index in [1.165, 1.54) is 0 Å². The Bertz CT molecular complexity index is 199. The molecular formula is C8H16N2O3S. The van der Waals surface area contributed by atoms with Gasteiger partial charge in [0.2, 0.25) is 5.91 Å². The highest BCUT2D eigenvalue weighted by Gasteiger charge is 2.18. The van der Waals surface area contributed by atoms with Gasteiger partial charge in [-0.25, -0.2) is 4.79 Å². The van der Waals surface area contributed by atoms with E-state index in [9.17, 15) is 9.59 Å². The lowest BCUT2D eigenvalue weighted by atomic mass is 10.2. The molecule has 0 aliphatic carbocycles. The number of carbonyl (C=O) groups excluding carboxylic acids is 1. The minimum atomic E-state index is -1.01. The van der Waals surface area contributed by atoms with Crippen LogP contribution in [0, 0.1) is 0 Å². The normalized spacial score (nSPS) is 12.1. The molecule has 0 heterocycles. The van der Waals surface area contributed by atoms with Crippen LogP contribution in [0.5, 0.6) is 0 Å². The summed E-state index contributed by atoms with van der Waals surface area (Å²) in [7, 11) is 0. The van der Waals surface area contributed by atoms with Gasteiger partial charge in [0.05, 0.1) is 6.54 Å². The smallest absolute Gasteiger partial charge is 0.326 e. The average molecular weight is 220 g/mol. The molecular weight excluding hydrogens is 204 g/mol. The highest BCUT2D eigenvalue weighted by molar-refractivity contribution is 7.99. The zero-order valence-corrected chi connectivity index (χ0v) is 8.97. The molecule has 0 fully saturated rings. The number of amides is 1. The van der Waals surface area contributed by atoms with Gasteiger partial charge in [-0.15, -0.1) is 0 Å². The summed E-state index contributed by atoms with van der Waals surface area (Å²) in [6.07, 6.45) is 0.430. The zero-order chi connectivity index (χ0) is 11.0. The fourth-order valence-corrected chi connectivity index (χ4v) is 1.55. The van der Waals surface area contributed by atoms with Crippen LogP contribution in [0.4, 0.5) is 0 Å². The van der Waals surface area contributed by atoms with E-state index in [1.54, 1.807) is 11.8 Å². The molecule has 0 rings (SSSR count). The van der Waals surface area contributed by atoms with E-state index in [1.807, 2.05) is 6.92 Å². The maximum atomic E-state index is 10.9. The van der Waals surface area contributed by atoms with Crippen molar-refractivity contribution in [3.8, 4) is 0 Å². The van der Waals surface area contributed by atoms with Crippen molar-refractivity contribution in [1.82, 2.24) is 5.32 Å². The van der Waals surface area contributed by atoms with Crippen LogP contribution in [0.15, 0.2) is 0 Å². The molecule has 0 bridgehead atoms. The van der Waals surface area contributed by atoms with Gasteiger partial charge in [-0.2, -0.15) is 11.8 Å². The first kappa shape index (κ1) is 13.2. The fraction of sp³-hybridized carbons (Fsp3) is 0.750. The lowest BCUT2D eigenvalue weighted by Gasteiger charge is -2.13. The summed E-state index contributed by atoms with van der Waals surface area (Å²) in [6, 6.07) is -0.815. The third kappa shape index (κ3) is 5.82. The first-order chi connectivity index (χ1) is 6.61. The van der Waals surface area contributed by atoms with E-state index < -0.39 is 17.9 Å². The van der Waals surface area contributed by atoms with Crippen molar-refractivity contribution >= 4 is 23.6 Å². The molecule has 0 saturated carbocycles. The van der Waals surface area contributed by atoms with E-state index in [0.717, 1.165) is 11.5 Å². The van der Waals surface area contributed by atoms with Gasteiger partial charge in [-0.1, -0.05) is 6.92 Å². The van der Waals surface area contributed by atoms with Gasteiger partial charge in [0, 0.05) is 0 Å². The molecule has 5 nitrogen and oxygen atoms in total. The Kier molecular flexibility index (Phi) is 7.23. The molecule has 1 amide bonds. The van der Waals surface area contributed by atoms with Crippen molar-refractivity contribution in [2.75, 3.05) is 18.1 Å². The van der Waals surface area contributed by atoms with Crippen LogP contribution in [0.2, 0.25) is 0 Å². The number of hydrogen-bond donors (Lipinski definition) is 3. The monoisotopic (exact) mass is 220 g/mol. The number of carboxylic acid groups (broad SMARTS) is 1. The molecule has 1 unspecified atom stereocenters. The summed E-state index contributed by atoms with van der Waals surface area (Å²) in [5.41, 5.74) is 5.07. The lowest BCUT2D eigenvalue weighted by molar-refractivity contribution is -0.141. The lowest BCUT2D eigenvalue weighted by Crippen LogP contribution is -2.43. The van der Waals surface area contributed by atoms with Crippen LogP contribution in [-0.2, 0) is 9.59 Å². The summed E-state index contributed by atoms with van der Waals surface area (Å²) in [5.74, 6) is 0.220. The predicted molar refractivity (Wildman–Crippen MR) is 56.2 cm³/mol. The molecule has 0 spiro atoms. The summed E-state index contributed by atoms with van der Waals surface area (Å²) >= 11 is 1.64. The molecule has 14 heavy (non-hydrogen) atoms. The maximum absolute atomic E-state index is 10.9. The van der Waals surface area contributed by atoms with Crippen molar-refractivity contribution < 1.29 is 14.7 Å². The number of nitrogens with one attached hydrogen (secondary N) is 1. The van der Waals surface area contributed by atoms with Gasteiger partial charge in [-0.3, -0.25) is 4.79 Å². The molecule has 0 aliphatic heterocycles. The minimum absolute atomic E-state index is 0.176. The Labute approximate surface area is 87.4 Å². The number of carboxylic acids is 1. The van der Waals surface area contributed by atoms with Crippen LogP contribution < -0.4 is 11.1 Å². The Balaban J connectivity index is 3.90. The number of nitrogens with two attached hydrogens (primary N) is 1. The highest BCUT2D eigenvalue weighted by atomic mass is 32.2. The van der Waals surface area contributed by atoms with E-state index in [2.05, 4.69) is 5.32 Å². The van der Waals surface area contributed by atoms with Crippen LogP contribution in [0.25, 0.3) is 0 Å². The summed E-state index contributed by atoms with van der Waals surface area (Å²) < 4.78 is 0. The average Bonchev–Trinajstić information content (AvgIpc) is 2.16. The largest absolute Gasteiger partial charge is 0.480 e. The quantitative estimate of drug-likeness (QED) is 0.510. The molecule has 0 aromatic carbocycles. The van der Waals surface area contributed by atoms with E-state index in [-0.39, 0.29) is 6.54 Å². The number of thioether (sulfide) groups is 1.